The normalized spacial score (nSPS) is 19.9. The number of hydrogen-bond donors (Lipinski definition) is 3. The van der Waals surface area contributed by atoms with Crippen LogP contribution in [0.15, 0.2) is 65.6 Å². The minimum atomic E-state index is -4.24. The number of carbonyl (C=O) groups is 1. The van der Waals surface area contributed by atoms with Crippen molar-refractivity contribution in [2.45, 2.75) is 43.3 Å². The van der Waals surface area contributed by atoms with Crippen molar-refractivity contribution in [1.29, 1.82) is 0 Å². The number of nitrogens with zero attached hydrogens (tertiary/aromatic N) is 2. The fraction of sp³-hybridized carbons (Fsp3) is 0.222. The topological polar surface area (TPSA) is 102 Å². The number of likely N-dealkylation sites (tertiary alicyclic amines) is 1. The van der Waals surface area contributed by atoms with E-state index in [2.05, 4.69) is 10.6 Å². The molecule has 2 unspecified atom stereocenters. The quantitative estimate of drug-likeness (QED) is 0.348. The molecule has 8 nitrogen and oxygen atoms in total. The molecule has 2 heterocycles. The highest BCUT2D eigenvalue weighted by atomic mass is 35.5. The van der Waals surface area contributed by atoms with Gasteiger partial charge in [0.05, 0.1) is 10.7 Å². The number of carbonyl (C=O) groups excluding carboxylic acids is 1. The number of phenols is 1. The van der Waals surface area contributed by atoms with Crippen LogP contribution in [0.25, 0.3) is 0 Å². The summed E-state index contributed by atoms with van der Waals surface area (Å²) in [6.45, 7) is 5.87. The molecule has 0 saturated carbocycles. The fourth-order valence-electron chi connectivity index (χ4n) is 4.89. The van der Waals surface area contributed by atoms with Crippen molar-refractivity contribution in [3.05, 3.63) is 95.7 Å². The van der Waals surface area contributed by atoms with Crippen LogP contribution < -0.4 is 10.6 Å². The van der Waals surface area contributed by atoms with Crippen molar-refractivity contribution in [3.63, 3.8) is 0 Å². The van der Waals surface area contributed by atoms with Gasteiger partial charge in [0.1, 0.15) is 10.7 Å². The molecule has 5 rings (SSSR count). The molecule has 0 aromatic heterocycles. The predicted octanol–water partition coefficient (Wildman–Crippen LogP) is 5.50. The molecule has 0 spiro atoms. The Morgan fingerprint density at radius 2 is 1.66 bits per heavy atom. The van der Waals surface area contributed by atoms with E-state index in [1.807, 2.05) is 48.3 Å². The Balaban J connectivity index is 1.36. The second kappa shape index (κ2) is 10.5. The van der Waals surface area contributed by atoms with Crippen LogP contribution in [0.3, 0.4) is 0 Å². The zero-order chi connectivity index (χ0) is 27.0. The first-order valence-electron chi connectivity index (χ1n) is 12.0. The molecule has 3 aromatic carbocycles. The number of hydrogen-bond acceptors (Lipinski definition) is 5. The summed E-state index contributed by atoms with van der Waals surface area (Å²) in [4.78, 5) is 14.1. The van der Waals surface area contributed by atoms with E-state index in [1.54, 1.807) is 0 Å². The van der Waals surface area contributed by atoms with Gasteiger partial charge in [-0.15, -0.1) is 0 Å². The Morgan fingerprint density at radius 1 is 1.00 bits per heavy atom. The third kappa shape index (κ3) is 5.09. The third-order valence-electron chi connectivity index (χ3n) is 6.73. The van der Waals surface area contributed by atoms with Gasteiger partial charge in [0, 0.05) is 43.0 Å². The van der Waals surface area contributed by atoms with Crippen LogP contribution in [-0.4, -0.2) is 40.8 Å². The van der Waals surface area contributed by atoms with Gasteiger partial charge < -0.3 is 15.7 Å². The van der Waals surface area contributed by atoms with E-state index in [1.165, 1.54) is 41.6 Å². The predicted molar refractivity (Wildman–Crippen MR) is 143 cm³/mol. The van der Waals surface area contributed by atoms with E-state index < -0.39 is 44.6 Å². The van der Waals surface area contributed by atoms with E-state index in [-0.39, 0.29) is 22.0 Å². The van der Waals surface area contributed by atoms with Crippen molar-refractivity contribution in [2.75, 3.05) is 10.6 Å². The van der Waals surface area contributed by atoms with E-state index >= 15 is 0 Å². The number of aromatic hydroxyl groups is 1. The third-order valence-corrected chi connectivity index (χ3v) is 9.18. The summed E-state index contributed by atoms with van der Waals surface area (Å²) >= 11 is 6.29. The molecular weight excluding hydrogens is 531 g/mol. The van der Waals surface area contributed by atoms with Gasteiger partial charge >= 0.3 is 6.03 Å². The first-order chi connectivity index (χ1) is 18.1. The SMILES string of the molecule is Cc1c(F)cccc1NC(=O)Nc1ccc(Cl)c(S(=O)(=O)N2C3[CH]N(Cc4ccccc4)[CH]C2CC3)c1O. The minimum absolute atomic E-state index is 0.150. The average molecular weight is 557 g/mol. The summed E-state index contributed by atoms with van der Waals surface area (Å²) in [5.74, 6) is -1.16. The van der Waals surface area contributed by atoms with Gasteiger partial charge in [-0.25, -0.2) is 17.6 Å². The highest BCUT2D eigenvalue weighted by Gasteiger charge is 2.48. The molecule has 2 bridgehead atoms. The van der Waals surface area contributed by atoms with Crippen molar-refractivity contribution >= 4 is 39.0 Å². The lowest BCUT2D eigenvalue weighted by molar-refractivity contribution is 0.211. The van der Waals surface area contributed by atoms with Crippen LogP contribution in [0.5, 0.6) is 5.75 Å². The number of piperazine rings is 1. The molecule has 2 saturated heterocycles. The number of urea groups is 1. The number of phenolic OH excluding ortho intramolecular Hbond substituents is 1. The maximum Gasteiger partial charge on any atom is 0.323 e. The van der Waals surface area contributed by atoms with Crippen LogP contribution in [0.1, 0.15) is 24.0 Å². The van der Waals surface area contributed by atoms with Crippen LogP contribution in [0.4, 0.5) is 20.6 Å². The van der Waals surface area contributed by atoms with E-state index in [9.17, 15) is 22.7 Å². The summed E-state index contributed by atoms with van der Waals surface area (Å²) in [6, 6.07) is 15.1. The zero-order valence-corrected chi connectivity index (χ0v) is 22.0. The molecule has 2 atom stereocenters. The first-order valence-corrected chi connectivity index (χ1v) is 13.8. The number of nitrogens with one attached hydrogen (secondary N) is 2. The average Bonchev–Trinajstić information content (AvgIpc) is 3.16. The van der Waals surface area contributed by atoms with Crippen LogP contribution in [-0.2, 0) is 16.6 Å². The number of rotatable bonds is 6. The van der Waals surface area contributed by atoms with Gasteiger partial charge in [-0.3, -0.25) is 4.90 Å². The largest absolute Gasteiger partial charge is 0.504 e. The number of halogens is 2. The molecular formula is C27H26ClFN4O4S. The summed E-state index contributed by atoms with van der Waals surface area (Å²) in [5.41, 5.74) is 1.42. The molecule has 11 heteroatoms. The molecule has 2 fully saturated rings. The Labute approximate surface area is 226 Å². The second-order valence-electron chi connectivity index (χ2n) is 9.27. The van der Waals surface area contributed by atoms with E-state index in [0.29, 0.717) is 19.4 Å². The van der Waals surface area contributed by atoms with Gasteiger partial charge in [-0.2, -0.15) is 4.31 Å². The molecule has 2 aliphatic rings. The monoisotopic (exact) mass is 556 g/mol. The number of fused-ring (bicyclic) bond motifs is 2. The van der Waals surface area contributed by atoms with Gasteiger partial charge in [-0.05, 0) is 49.6 Å². The first kappa shape index (κ1) is 26.4. The number of amides is 2. The molecule has 2 amide bonds. The number of benzene rings is 3. The molecule has 38 heavy (non-hydrogen) atoms. The molecule has 3 aromatic rings. The smallest absolute Gasteiger partial charge is 0.323 e. The lowest BCUT2D eigenvalue weighted by Crippen LogP contribution is -2.50. The van der Waals surface area contributed by atoms with Gasteiger partial charge in [-0.1, -0.05) is 48.0 Å². The highest BCUT2D eigenvalue weighted by Crippen LogP contribution is 2.44. The van der Waals surface area contributed by atoms with Crippen molar-refractivity contribution in [3.8, 4) is 5.75 Å². The maximum absolute atomic E-state index is 13.8. The summed E-state index contributed by atoms with van der Waals surface area (Å²) in [7, 11) is -4.24. The number of sulfonamides is 1. The van der Waals surface area contributed by atoms with Crippen LogP contribution >= 0.6 is 11.6 Å². The van der Waals surface area contributed by atoms with Crippen molar-refractivity contribution in [1.82, 2.24) is 9.21 Å². The molecule has 3 N–H and O–H groups in total. The lowest BCUT2D eigenvalue weighted by Gasteiger charge is -2.39. The lowest BCUT2D eigenvalue weighted by atomic mass is 10.1. The molecule has 2 aliphatic heterocycles. The Bertz CT molecular complexity index is 1460. The fourth-order valence-corrected chi connectivity index (χ4v) is 7.24. The van der Waals surface area contributed by atoms with E-state index in [0.717, 1.165) is 5.56 Å². The Hall–Kier alpha value is -3.18. The minimum Gasteiger partial charge on any atom is -0.504 e. The van der Waals surface area contributed by atoms with Gasteiger partial charge in [0.15, 0.2) is 5.75 Å². The van der Waals surface area contributed by atoms with Gasteiger partial charge in [0.2, 0.25) is 10.0 Å². The molecule has 198 valence electrons. The zero-order valence-electron chi connectivity index (χ0n) is 20.4. The molecule has 2 radical (unpaired) electrons. The van der Waals surface area contributed by atoms with Gasteiger partial charge in [0.25, 0.3) is 0 Å². The summed E-state index contributed by atoms with van der Waals surface area (Å²) in [6.07, 6.45) is 1.24. The summed E-state index contributed by atoms with van der Waals surface area (Å²) in [5, 5.41) is 15.7. The Kier molecular flexibility index (Phi) is 7.32. The highest BCUT2D eigenvalue weighted by molar-refractivity contribution is 7.89. The van der Waals surface area contributed by atoms with Crippen LogP contribution in [0, 0.1) is 25.8 Å². The number of anilines is 2. The second-order valence-corrected chi connectivity index (χ2v) is 11.5. The maximum atomic E-state index is 13.8. The Morgan fingerprint density at radius 3 is 2.34 bits per heavy atom. The van der Waals surface area contributed by atoms with Crippen molar-refractivity contribution < 1.29 is 22.7 Å². The van der Waals surface area contributed by atoms with E-state index in [4.69, 9.17) is 11.6 Å². The summed E-state index contributed by atoms with van der Waals surface area (Å²) < 4.78 is 42.8. The van der Waals surface area contributed by atoms with Crippen LogP contribution in [0.2, 0.25) is 5.02 Å². The molecule has 0 aliphatic carbocycles. The van der Waals surface area contributed by atoms with Crippen molar-refractivity contribution in [2.24, 2.45) is 0 Å². The standard InChI is InChI=1S/C27H26ClFN4O4S/c1-17-22(29)8-5-9-23(17)30-27(35)31-24-13-12-21(28)26(25(24)34)38(36,37)33-19-10-11-20(33)16-32(15-19)14-18-6-3-2-4-7-18/h2-9,12-13,15-16,19-20,34H,10-11,14H2,1H3,(H2,30,31,35).